The largest absolute Gasteiger partial charge is 0.371 e. The monoisotopic (exact) mass is 246 g/mol. The van der Waals surface area contributed by atoms with Gasteiger partial charge in [0.1, 0.15) is 11.1 Å². The van der Waals surface area contributed by atoms with Crippen LogP contribution in [0.2, 0.25) is 0 Å². The number of pyridine rings is 1. The van der Waals surface area contributed by atoms with E-state index in [0.29, 0.717) is 0 Å². The Morgan fingerprint density at radius 3 is 3.18 bits per heavy atom. The third kappa shape index (κ3) is 2.10. The van der Waals surface area contributed by atoms with Crippen LogP contribution in [0.25, 0.3) is 11.3 Å². The van der Waals surface area contributed by atoms with E-state index in [9.17, 15) is 0 Å². The molecule has 0 N–H and O–H groups in total. The molecule has 17 heavy (non-hydrogen) atoms. The molecule has 1 saturated heterocycles. The van der Waals surface area contributed by atoms with Crippen molar-refractivity contribution in [2.45, 2.75) is 25.9 Å². The normalized spacial score (nSPS) is 19.7. The van der Waals surface area contributed by atoms with Crippen molar-refractivity contribution in [3.8, 4) is 11.3 Å². The summed E-state index contributed by atoms with van der Waals surface area (Å²) in [6.45, 7) is 2.88. The first-order valence-electron chi connectivity index (χ1n) is 5.83. The summed E-state index contributed by atoms with van der Waals surface area (Å²) in [5.74, 6) is 0. The van der Waals surface area contributed by atoms with Crippen LogP contribution in [-0.4, -0.2) is 16.6 Å². The molecule has 0 radical (unpaired) electrons. The second-order valence-corrected chi connectivity index (χ2v) is 5.10. The summed E-state index contributed by atoms with van der Waals surface area (Å²) in [5, 5.41) is 3.20. The van der Waals surface area contributed by atoms with Crippen molar-refractivity contribution >= 4 is 11.3 Å². The van der Waals surface area contributed by atoms with Crippen LogP contribution in [0.4, 0.5) is 0 Å². The Morgan fingerprint density at radius 1 is 1.47 bits per heavy atom. The third-order valence-electron chi connectivity index (χ3n) is 3.01. The second-order valence-electron chi connectivity index (χ2n) is 4.21. The molecule has 88 valence electrons. The zero-order valence-electron chi connectivity index (χ0n) is 9.72. The maximum atomic E-state index is 5.65. The molecule has 3 rings (SSSR count). The summed E-state index contributed by atoms with van der Waals surface area (Å²) in [4.78, 5) is 8.97. The number of nitrogens with zero attached hydrogens (tertiary/aromatic N) is 2. The number of aromatic nitrogens is 2. The third-order valence-corrected chi connectivity index (χ3v) is 3.95. The Morgan fingerprint density at radius 2 is 2.41 bits per heavy atom. The summed E-state index contributed by atoms with van der Waals surface area (Å²) < 4.78 is 5.65. The Balaban J connectivity index is 1.92. The summed E-state index contributed by atoms with van der Waals surface area (Å²) in [5.41, 5.74) is 3.16. The van der Waals surface area contributed by atoms with Crippen molar-refractivity contribution in [2.75, 3.05) is 6.61 Å². The van der Waals surface area contributed by atoms with E-state index in [1.54, 1.807) is 11.3 Å². The van der Waals surface area contributed by atoms with Crippen molar-refractivity contribution < 1.29 is 4.74 Å². The first-order valence-corrected chi connectivity index (χ1v) is 6.71. The molecule has 0 bridgehead atoms. The number of rotatable bonds is 2. The maximum absolute atomic E-state index is 5.65. The highest BCUT2D eigenvalue weighted by Gasteiger charge is 2.21. The first-order chi connectivity index (χ1) is 8.34. The molecule has 1 fully saturated rings. The van der Waals surface area contributed by atoms with E-state index >= 15 is 0 Å². The van der Waals surface area contributed by atoms with Crippen molar-refractivity contribution in [1.82, 2.24) is 9.97 Å². The topological polar surface area (TPSA) is 35.0 Å². The number of aryl methyl sites for hydroxylation is 1. The van der Waals surface area contributed by atoms with Gasteiger partial charge < -0.3 is 4.74 Å². The highest BCUT2D eigenvalue weighted by Crippen LogP contribution is 2.33. The molecule has 2 aromatic heterocycles. The van der Waals surface area contributed by atoms with Gasteiger partial charge in [0, 0.05) is 29.4 Å². The van der Waals surface area contributed by atoms with Crippen molar-refractivity contribution in [1.29, 1.82) is 0 Å². The molecule has 0 amide bonds. The van der Waals surface area contributed by atoms with Crippen molar-refractivity contribution in [3.63, 3.8) is 0 Å². The number of hydrogen-bond acceptors (Lipinski definition) is 4. The lowest BCUT2D eigenvalue weighted by Gasteiger charge is -2.04. The van der Waals surface area contributed by atoms with Crippen LogP contribution in [-0.2, 0) is 4.74 Å². The quantitative estimate of drug-likeness (QED) is 0.815. The molecular weight excluding hydrogens is 232 g/mol. The minimum atomic E-state index is 0.214. The van der Waals surface area contributed by atoms with Gasteiger partial charge in [-0.05, 0) is 31.9 Å². The average molecular weight is 246 g/mol. The lowest BCUT2D eigenvalue weighted by Crippen LogP contribution is -1.95. The zero-order chi connectivity index (χ0) is 11.7. The van der Waals surface area contributed by atoms with E-state index in [1.165, 1.54) is 0 Å². The fourth-order valence-corrected chi connectivity index (χ4v) is 2.99. The van der Waals surface area contributed by atoms with Gasteiger partial charge in [-0.25, -0.2) is 4.98 Å². The van der Waals surface area contributed by atoms with Gasteiger partial charge in [0.05, 0.1) is 5.69 Å². The average Bonchev–Trinajstić information content (AvgIpc) is 3.00. The van der Waals surface area contributed by atoms with Gasteiger partial charge in [-0.2, -0.15) is 0 Å². The van der Waals surface area contributed by atoms with Crippen molar-refractivity contribution in [2.24, 2.45) is 0 Å². The predicted octanol–water partition coefficient (Wildman–Crippen LogP) is 3.37. The minimum Gasteiger partial charge on any atom is -0.371 e. The molecule has 1 aliphatic heterocycles. The maximum Gasteiger partial charge on any atom is 0.122 e. The molecular formula is C13H14N2OS. The minimum absolute atomic E-state index is 0.214. The van der Waals surface area contributed by atoms with Gasteiger partial charge in [-0.15, -0.1) is 11.3 Å². The molecule has 0 spiro atoms. The van der Waals surface area contributed by atoms with Gasteiger partial charge in [0.25, 0.3) is 0 Å². The number of hydrogen-bond donors (Lipinski definition) is 0. The van der Waals surface area contributed by atoms with E-state index < -0.39 is 0 Å². The second kappa shape index (κ2) is 4.55. The molecule has 1 aliphatic rings. The predicted molar refractivity (Wildman–Crippen MR) is 68.0 cm³/mol. The van der Waals surface area contributed by atoms with Crippen LogP contribution >= 0.6 is 11.3 Å². The van der Waals surface area contributed by atoms with Crippen molar-refractivity contribution in [3.05, 3.63) is 34.4 Å². The van der Waals surface area contributed by atoms with Crippen LogP contribution < -0.4 is 0 Å². The standard InChI is InChI=1S/C13H14N2OS/c1-9-10(4-2-6-14-9)11-8-17-13(15-11)12-5-3-7-16-12/h2,4,6,8,12H,3,5,7H2,1H3/t12-/m1/s1. The highest BCUT2D eigenvalue weighted by atomic mass is 32.1. The van der Waals surface area contributed by atoms with E-state index in [0.717, 1.165) is 41.4 Å². The van der Waals surface area contributed by atoms with Gasteiger partial charge in [-0.1, -0.05) is 0 Å². The molecule has 0 aromatic carbocycles. The van der Waals surface area contributed by atoms with Crippen LogP contribution in [0.15, 0.2) is 23.7 Å². The van der Waals surface area contributed by atoms with E-state index in [4.69, 9.17) is 4.74 Å². The van der Waals surface area contributed by atoms with Crippen LogP contribution in [0.5, 0.6) is 0 Å². The highest BCUT2D eigenvalue weighted by molar-refractivity contribution is 7.10. The van der Waals surface area contributed by atoms with Crippen LogP contribution in [0.3, 0.4) is 0 Å². The van der Waals surface area contributed by atoms with Gasteiger partial charge in [0.2, 0.25) is 0 Å². The van der Waals surface area contributed by atoms with Gasteiger partial charge >= 0.3 is 0 Å². The molecule has 0 aliphatic carbocycles. The van der Waals surface area contributed by atoms with Crippen LogP contribution in [0.1, 0.15) is 29.6 Å². The summed E-state index contributed by atoms with van der Waals surface area (Å²) >= 11 is 1.69. The Kier molecular flexibility index (Phi) is 2.91. The molecule has 3 heterocycles. The Hall–Kier alpha value is -1.26. The molecule has 3 nitrogen and oxygen atoms in total. The summed E-state index contributed by atoms with van der Waals surface area (Å²) in [6, 6.07) is 4.02. The smallest absolute Gasteiger partial charge is 0.122 e. The van der Waals surface area contributed by atoms with Gasteiger partial charge in [-0.3, -0.25) is 4.98 Å². The Bertz CT molecular complexity index is 518. The number of ether oxygens (including phenoxy) is 1. The lowest BCUT2D eigenvalue weighted by atomic mass is 10.1. The first kappa shape index (κ1) is 10.9. The number of thiazole rings is 1. The van der Waals surface area contributed by atoms with Gasteiger partial charge in [0.15, 0.2) is 0 Å². The zero-order valence-corrected chi connectivity index (χ0v) is 10.5. The summed E-state index contributed by atoms with van der Waals surface area (Å²) in [6.07, 6.45) is 4.27. The van der Waals surface area contributed by atoms with E-state index in [2.05, 4.69) is 21.4 Å². The Labute approximate surface area is 105 Å². The molecule has 0 unspecified atom stereocenters. The van der Waals surface area contributed by atoms with E-state index in [1.807, 2.05) is 19.2 Å². The van der Waals surface area contributed by atoms with E-state index in [-0.39, 0.29) is 6.10 Å². The molecule has 2 aromatic rings. The SMILES string of the molecule is Cc1ncccc1-c1csc([C@H]2CCCO2)n1. The lowest BCUT2D eigenvalue weighted by molar-refractivity contribution is 0.112. The molecule has 4 heteroatoms. The van der Waals surface area contributed by atoms with Crippen LogP contribution in [0, 0.1) is 6.92 Å². The molecule has 1 atom stereocenters. The fourth-order valence-electron chi connectivity index (χ4n) is 2.09. The summed E-state index contributed by atoms with van der Waals surface area (Å²) in [7, 11) is 0. The molecule has 0 saturated carbocycles. The fraction of sp³-hybridized carbons (Fsp3) is 0.385.